The number of hydrogen-bond acceptors (Lipinski definition) is 3. The number of unbranched alkanes of at least 4 members (excludes halogenated alkanes) is 2. The number of carboxylic acid groups (broad SMARTS) is 1. The van der Waals surface area contributed by atoms with Crippen molar-refractivity contribution >= 4 is 5.97 Å². The number of nitrogens with zero attached hydrogens (tertiary/aromatic N) is 1. The van der Waals surface area contributed by atoms with Crippen LogP contribution in [0.2, 0.25) is 0 Å². The molecule has 1 aromatic carbocycles. The quantitative estimate of drug-likeness (QED) is 0.769. The molecule has 0 spiro atoms. The molecule has 0 aromatic heterocycles. The number of aliphatic hydroxyl groups is 1. The number of fused-ring (bicyclic) bond motifs is 1. The van der Waals surface area contributed by atoms with Gasteiger partial charge in [0.15, 0.2) is 0 Å². The summed E-state index contributed by atoms with van der Waals surface area (Å²) in [6, 6.07) is 7.82. The molecule has 1 aliphatic heterocycles. The molecule has 0 radical (unpaired) electrons. The molecule has 1 unspecified atom stereocenters. The number of hydrogen-bond donors (Lipinski definition) is 2. The van der Waals surface area contributed by atoms with Crippen molar-refractivity contribution in [1.29, 1.82) is 0 Å². The van der Waals surface area contributed by atoms with Gasteiger partial charge in [0.25, 0.3) is 0 Å². The van der Waals surface area contributed by atoms with Crippen LogP contribution in [0.25, 0.3) is 0 Å². The number of aliphatic hydroxyl groups excluding tert-OH is 1. The Hall–Kier alpha value is -1.39. The first-order valence-corrected chi connectivity index (χ1v) is 6.86. The van der Waals surface area contributed by atoms with E-state index in [9.17, 15) is 9.90 Å². The van der Waals surface area contributed by atoms with Gasteiger partial charge in [-0.15, -0.1) is 0 Å². The molecule has 4 nitrogen and oxygen atoms in total. The maximum absolute atomic E-state index is 11.4. The van der Waals surface area contributed by atoms with Gasteiger partial charge >= 0.3 is 5.97 Å². The fourth-order valence-corrected chi connectivity index (χ4v) is 2.69. The lowest BCUT2D eigenvalue weighted by atomic mass is 9.89. The predicted octanol–water partition coefficient (Wildman–Crippen LogP) is 1.83. The van der Waals surface area contributed by atoms with Crippen LogP contribution in [0.4, 0.5) is 0 Å². The molecular weight excluding hydrogens is 242 g/mol. The standard InChI is InChI=1S/C15H21NO3/c17-9-5-1-4-8-16-10-12-6-2-3-7-13(12)14(11-16)15(18)19/h2-3,6-7,14,17H,1,4-5,8-11H2,(H,18,19). The van der Waals surface area contributed by atoms with Crippen LogP contribution in [0.15, 0.2) is 24.3 Å². The zero-order valence-corrected chi connectivity index (χ0v) is 11.1. The summed E-state index contributed by atoms with van der Waals surface area (Å²) in [7, 11) is 0. The minimum absolute atomic E-state index is 0.237. The Balaban J connectivity index is 2.01. The molecule has 0 aliphatic carbocycles. The Labute approximate surface area is 113 Å². The van der Waals surface area contributed by atoms with E-state index in [0.717, 1.165) is 43.5 Å². The molecule has 1 heterocycles. The van der Waals surface area contributed by atoms with Gasteiger partial charge in [-0.25, -0.2) is 0 Å². The van der Waals surface area contributed by atoms with Gasteiger partial charge in [-0.1, -0.05) is 24.3 Å². The summed E-state index contributed by atoms with van der Waals surface area (Å²) >= 11 is 0. The summed E-state index contributed by atoms with van der Waals surface area (Å²) in [5.74, 6) is -1.16. The number of aliphatic carboxylic acids is 1. The lowest BCUT2D eigenvalue weighted by Gasteiger charge is -2.32. The van der Waals surface area contributed by atoms with Gasteiger partial charge in [-0.05, 0) is 36.9 Å². The van der Waals surface area contributed by atoms with Gasteiger partial charge in [-0.2, -0.15) is 0 Å². The van der Waals surface area contributed by atoms with E-state index in [4.69, 9.17) is 5.11 Å². The van der Waals surface area contributed by atoms with E-state index in [0.29, 0.717) is 6.54 Å². The highest BCUT2D eigenvalue weighted by atomic mass is 16.4. The third-order valence-corrected chi connectivity index (χ3v) is 3.70. The van der Waals surface area contributed by atoms with Gasteiger partial charge in [0.1, 0.15) is 0 Å². The molecule has 1 atom stereocenters. The second-order valence-electron chi connectivity index (χ2n) is 5.11. The van der Waals surface area contributed by atoms with Gasteiger partial charge < -0.3 is 10.2 Å². The Morgan fingerprint density at radius 2 is 2.05 bits per heavy atom. The van der Waals surface area contributed by atoms with Crippen molar-refractivity contribution in [1.82, 2.24) is 4.90 Å². The smallest absolute Gasteiger partial charge is 0.312 e. The minimum Gasteiger partial charge on any atom is -0.481 e. The second-order valence-corrected chi connectivity index (χ2v) is 5.11. The van der Waals surface area contributed by atoms with Crippen LogP contribution in [0.5, 0.6) is 0 Å². The van der Waals surface area contributed by atoms with Crippen LogP contribution < -0.4 is 0 Å². The third kappa shape index (κ3) is 3.55. The minimum atomic E-state index is -0.743. The van der Waals surface area contributed by atoms with E-state index in [1.54, 1.807) is 0 Å². The normalized spacial score (nSPS) is 19.1. The Morgan fingerprint density at radius 3 is 2.79 bits per heavy atom. The molecule has 1 aromatic rings. The third-order valence-electron chi connectivity index (χ3n) is 3.70. The van der Waals surface area contributed by atoms with Gasteiger partial charge in [-0.3, -0.25) is 9.69 Å². The van der Waals surface area contributed by atoms with E-state index in [1.165, 1.54) is 0 Å². The predicted molar refractivity (Wildman–Crippen MR) is 73.0 cm³/mol. The summed E-state index contributed by atoms with van der Waals surface area (Å²) < 4.78 is 0. The molecule has 19 heavy (non-hydrogen) atoms. The summed E-state index contributed by atoms with van der Waals surface area (Å²) in [5.41, 5.74) is 2.09. The summed E-state index contributed by atoms with van der Waals surface area (Å²) in [6.07, 6.45) is 2.83. The highest BCUT2D eigenvalue weighted by Crippen LogP contribution is 2.28. The molecule has 1 aliphatic rings. The highest BCUT2D eigenvalue weighted by Gasteiger charge is 2.29. The van der Waals surface area contributed by atoms with Crippen molar-refractivity contribution in [2.45, 2.75) is 31.7 Å². The van der Waals surface area contributed by atoms with Crippen LogP contribution in [0, 0.1) is 0 Å². The number of rotatable bonds is 6. The molecule has 2 rings (SSSR count). The monoisotopic (exact) mass is 263 g/mol. The zero-order valence-electron chi connectivity index (χ0n) is 11.1. The summed E-state index contributed by atoms with van der Waals surface area (Å²) in [5, 5.41) is 18.1. The van der Waals surface area contributed by atoms with Crippen molar-refractivity contribution in [3.8, 4) is 0 Å². The van der Waals surface area contributed by atoms with E-state index in [-0.39, 0.29) is 6.61 Å². The molecule has 4 heteroatoms. The number of benzene rings is 1. The number of carbonyl (C=O) groups is 1. The van der Waals surface area contributed by atoms with Crippen molar-refractivity contribution in [2.75, 3.05) is 19.7 Å². The molecule has 0 saturated heterocycles. The van der Waals surface area contributed by atoms with Crippen molar-refractivity contribution < 1.29 is 15.0 Å². The first-order valence-electron chi connectivity index (χ1n) is 6.86. The van der Waals surface area contributed by atoms with Crippen LogP contribution in [0.1, 0.15) is 36.3 Å². The van der Waals surface area contributed by atoms with E-state index in [2.05, 4.69) is 4.90 Å². The van der Waals surface area contributed by atoms with E-state index >= 15 is 0 Å². The summed E-state index contributed by atoms with van der Waals surface area (Å²) in [6.45, 7) is 2.56. The fourth-order valence-electron chi connectivity index (χ4n) is 2.69. The van der Waals surface area contributed by atoms with Gasteiger partial charge in [0.05, 0.1) is 5.92 Å². The SMILES string of the molecule is O=C(O)C1CN(CCCCCO)Cc2ccccc21. The Kier molecular flexibility index (Phi) is 4.93. The van der Waals surface area contributed by atoms with Crippen molar-refractivity contribution in [2.24, 2.45) is 0 Å². The van der Waals surface area contributed by atoms with E-state index in [1.807, 2.05) is 24.3 Å². The highest BCUT2D eigenvalue weighted by molar-refractivity contribution is 5.77. The largest absolute Gasteiger partial charge is 0.481 e. The van der Waals surface area contributed by atoms with Gasteiger partial charge in [0, 0.05) is 19.7 Å². The Bertz CT molecular complexity index is 433. The van der Waals surface area contributed by atoms with Crippen LogP contribution in [0.3, 0.4) is 0 Å². The maximum Gasteiger partial charge on any atom is 0.312 e. The number of carboxylic acids is 1. The van der Waals surface area contributed by atoms with E-state index < -0.39 is 11.9 Å². The Morgan fingerprint density at radius 1 is 1.26 bits per heavy atom. The molecule has 0 amide bonds. The zero-order chi connectivity index (χ0) is 13.7. The van der Waals surface area contributed by atoms with Crippen LogP contribution in [-0.2, 0) is 11.3 Å². The van der Waals surface area contributed by atoms with Crippen molar-refractivity contribution in [3.63, 3.8) is 0 Å². The molecule has 0 fully saturated rings. The lowest BCUT2D eigenvalue weighted by Crippen LogP contribution is -2.37. The molecule has 104 valence electrons. The molecule has 2 N–H and O–H groups in total. The van der Waals surface area contributed by atoms with Crippen molar-refractivity contribution in [3.05, 3.63) is 35.4 Å². The average Bonchev–Trinajstić information content (AvgIpc) is 2.42. The maximum atomic E-state index is 11.4. The fraction of sp³-hybridized carbons (Fsp3) is 0.533. The van der Waals surface area contributed by atoms with Gasteiger partial charge in [0.2, 0.25) is 0 Å². The second kappa shape index (κ2) is 6.68. The first-order chi connectivity index (χ1) is 9.22. The topological polar surface area (TPSA) is 60.8 Å². The first kappa shape index (κ1) is 14.0. The lowest BCUT2D eigenvalue weighted by molar-refractivity contribution is -0.139. The summed E-state index contributed by atoms with van der Waals surface area (Å²) in [4.78, 5) is 13.6. The molecule has 0 bridgehead atoms. The molecule has 0 saturated carbocycles. The van der Waals surface area contributed by atoms with Crippen LogP contribution in [-0.4, -0.2) is 40.8 Å². The van der Waals surface area contributed by atoms with Crippen LogP contribution >= 0.6 is 0 Å². The molecular formula is C15H21NO3. The average molecular weight is 263 g/mol.